The second kappa shape index (κ2) is 2.78. The number of benzene rings is 1. The van der Waals surface area contributed by atoms with Crippen LogP contribution in [0.3, 0.4) is 0 Å². The molecule has 0 fully saturated rings. The Kier molecular flexibility index (Phi) is 1.99. The van der Waals surface area contributed by atoms with Gasteiger partial charge in [-0.25, -0.2) is 0 Å². The average molecular weight is 146 g/mol. The van der Waals surface area contributed by atoms with Crippen molar-refractivity contribution in [3.05, 3.63) is 23.8 Å². The molecule has 0 aliphatic carbocycles. The number of phenols is 1. The lowest BCUT2D eigenvalue weighted by Crippen LogP contribution is -2.03. The van der Waals surface area contributed by atoms with Crippen LogP contribution in [0.1, 0.15) is 17.3 Å². The van der Waals surface area contributed by atoms with Crippen LogP contribution in [-0.4, -0.2) is 18.7 Å². The van der Waals surface area contributed by atoms with E-state index in [0.29, 0.717) is 11.0 Å². The van der Waals surface area contributed by atoms with Gasteiger partial charge in [-0.05, 0) is 19.1 Å². The molecule has 1 aromatic rings. The summed E-state index contributed by atoms with van der Waals surface area (Å²) in [7, 11) is 5.36. The van der Waals surface area contributed by atoms with E-state index in [1.54, 1.807) is 6.07 Å². The normalized spacial score (nSPS) is 9.55. The van der Waals surface area contributed by atoms with Crippen molar-refractivity contribution >= 4 is 19.1 Å². The van der Waals surface area contributed by atoms with E-state index >= 15 is 0 Å². The predicted molar refractivity (Wildman–Crippen MR) is 43.5 cm³/mol. The molecule has 0 aliphatic heterocycles. The summed E-state index contributed by atoms with van der Waals surface area (Å²) in [6, 6.07) is 4.44. The monoisotopic (exact) mass is 146 g/mol. The van der Waals surface area contributed by atoms with Crippen LogP contribution in [0.4, 0.5) is 0 Å². The molecule has 0 spiro atoms. The fraction of sp³-hybridized carbons (Fsp3) is 0.125. The van der Waals surface area contributed by atoms with Crippen LogP contribution < -0.4 is 5.46 Å². The maximum absolute atomic E-state index is 10.8. The Morgan fingerprint density at radius 1 is 1.55 bits per heavy atom. The van der Waals surface area contributed by atoms with Crippen LogP contribution in [0.15, 0.2) is 18.2 Å². The molecule has 0 heterocycles. The Morgan fingerprint density at radius 2 is 2.18 bits per heavy atom. The summed E-state index contributed by atoms with van der Waals surface area (Å²) in [5.41, 5.74) is 0.756. The molecule has 0 bridgehead atoms. The second-order valence-electron chi connectivity index (χ2n) is 2.33. The molecule has 3 heteroatoms. The van der Waals surface area contributed by atoms with E-state index in [-0.39, 0.29) is 11.5 Å². The maximum Gasteiger partial charge on any atom is 0.163 e. The number of Topliss-reactive ketones (excluding diaryl/α,β-unsaturated/α-hetero) is 1. The summed E-state index contributed by atoms with van der Waals surface area (Å²) in [5, 5.41) is 9.16. The van der Waals surface area contributed by atoms with Crippen molar-refractivity contribution in [1.29, 1.82) is 0 Å². The van der Waals surface area contributed by atoms with Crippen molar-refractivity contribution in [2.75, 3.05) is 0 Å². The van der Waals surface area contributed by atoms with Crippen molar-refractivity contribution in [1.82, 2.24) is 0 Å². The summed E-state index contributed by atoms with van der Waals surface area (Å²) >= 11 is 0. The van der Waals surface area contributed by atoms with Gasteiger partial charge in [-0.3, -0.25) is 4.79 Å². The number of carbonyl (C=O) groups is 1. The largest absolute Gasteiger partial charge is 0.507 e. The van der Waals surface area contributed by atoms with Gasteiger partial charge in [0.15, 0.2) is 5.78 Å². The molecule has 1 aromatic carbocycles. The molecule has 11 heavy (non-hydrogen) atoms. The first-order chi connectivity index (χ1) is 5.11. The Bertz CT molecular complexity index is 294. The van der Waals surface area contributed by atoms with Crippen LogP contribution in [0.25, 0.3) is 0 Å². The maximum atomic E-state index is 10.8. The van der Waals surface area contributed by atoms with Crippen molar-refractivity contribution in [3.8, 4) is 5.75 Å². The van der Waals surface area contributed by atoms with Crippen LogP contribution >= 0.6 is 0 Å². The highest BCUT2D eigenvalue weighted by atomic mass is 16.3. The van der Waals surface area contributed by atoms with Gasteiger partial charge in [0.05, 0.1) is 5.56 Å². The van der Waals surface area contributed by atoms with Crippen molar-refractivity contribution in [3.63, 3.8) is 0 Å². The molecule has 0 atom stereocenters. The first kappa shape index (κ1) is 7.86. The van der Waals surface area contributed by atoms with E-state index in [2.05, 4.69) is 0 Å². The van der Waals surface area contributed by atoms with E-state index < -0.39 is 0 Å². The molecule has 1 rings (SSSR count). The molecule has 0 saturated carbocycles. The van der Waals surface area contributed by atoms with Gasteiger partial charge in [-0.1, -0.05) is 11.5 Å². The minimum atomic E-state index is -0.164. The molecule has 2 nitrogen and oxygen atoms in total. The molecule has 0 saturated heterocycles. The average Bonchev–Trinajstić information content (AvgIpc) is 1.85. The van der Waals surface area contributed by atoms with E-state index in [1.165, 1.54) is 19.1 Å². The van der Waals surface area contributed by atoms with Crippen LogP contribution in [0.2, 0.25) is 0 Å². The molecule has 0 amide bonds. The summed E-state index contributed by atoms with van der Waals surface area (Å²) in [6.07, 6.45) is 0. The zero-order valence-corrected chi connectivity index (χ0v) is 6.16. The number of ketones is 1. The van der Waals surface area contributed by atoms with Gasteiger partial charge in [-0.15, -0.1) is 0 Å². The van der Waals surface area contributed by atoms with Gasteiger partial charge in [-0.2, -0.15) is 0 Å². The van der Waals surface area contributed by atoms with Crippen LogP contribution in [0.5, 0.6) is 5.75 Å². The fourth-order valence-electron chi connectivity index (χ4n) is 0.846. The third-order valence-corrected chi connectivity index (χ3v) is 1.40. The smallest absolute Gasteiger partial charge is 0.163 e. The predicted octanol–water partition coefficient (Wildman–Crippen LogP) is 0.389. The molecule has 54 valence electrons. The number of hydrogen-bond donors (Lipinski definition) is 1. The second-order valence-corrected chi connectivity index (χ2v) is 2.33. The fourth-order valence-corrected chi connectivity index (χ4v) is 0.846. The minimum absolute atomic E-state index is 0.0579. The quantitative estimate of drug-likeness (QED) is 0.459. The summed E-state index contributed by atoms with van der Waals surface area (Å²) in [4.78, 5) is 10.8. The SMILES string of the molecule is [B]c1ccc(C(C)=O)c(O)c1. The Labute approximate surface area is 66.3 Å². The third kappa shape index (κ3) is 1.61. The lowest BCUT2D eigenvalue weighted by Gasteiger charge is -2.00. The van der Waals surface area contributed by atoms with Gasteiger partial charge >= 0.3 is 0 Å². The topological polar surface area (TPSA) is 37.3 Å². The molecular formula is C8H7BO2. The zero-order chi connectivity index (χ0) is 8.43. The van der Waals surface area contributed by atoms with E-state index in [4.69, 9.17) is 13.0 Å². The van der Waals surface area contributed by atoms with Gasteiger partial charge in [0.2, 0.25) is 0 Å². The van der Waals surface area contributed by atoms with Gasteiger partial charge in [0.1, 0.15) is 13.6 Å². The Morgan fingerprint density at radius 3 is 2.64 bits per heavy atom. The number of phenolic OH excluding ortho intramolecular Hbond substituents is 1. The highest BCUT2D eigenvalue weighted by molar-refractivity contribution is 6.32. The lowest BCUT2D eigenvalue weighted by molar-refractivity contribution is 0.101. The van der Waals surface area contributed by atoms with Crippen LogP contribution in [0, 0.1) is 0 Å². The van der Waals surface area contributed by atoms with E-state index in [1.807, 2.05) is 0 Å². The third-order valence-electron chi connectivity index (χ3n) is 1.40. The minimum Gasteiger partial charge on any atom is -0.507 e. The zero-order valence-electron chi connectivity index (χ0n) is 6.16. The molecule has 2 radical (unpaired) electrons. The Hall–Kier alpha value is -1.25. The number of hydrogen-bond acceptors (Lipinski definition) is 2. The molecule has 0 aromatic heterocycles. The lowest BCUT2D eigenvalue weighted by atomic mass is 9.94. The Balaban J connectivity index is 3.20. The molecule has 1 N–H and O–H groups in total. The highest BCUT2D eigenvalue weighted by Crippen LogP contribution is 2.13. The first-order valence-corrected chi connectivity index (χ1v) is 3.20. The standard InChI is InChI=1S/C8H7BO2/c1-5(10)7-3-2-6(9)4-8(7)11/h2-4,11H,1H3. The first-order valence-electron chi connectivity index (χ1n) is 3.20. The summed E-state index contributed by atoms with van der Waals surface area (Å²) in [6.45, 7) is 1.39. The van der Waals surface area contributed by atoms with Crippen molar-refractivity contribution < 1.29 is 9.90 Å². The number of aromatic hydroxyl groups is 1. The molecule has 0 aliphatic rings. The van der Waals surface area contributed by atoms with Crippen molar-refractivity contribution in [2.24, 2.45) is 0 Å². The van der Waals surface area contributed by atoms with Gasteiger partial charge in [0, 0.05) is 0 Å². The summed E-state index contributed by atoms with van der Waals surface area (Å²) < 4.78 is 0. The van der Waals surface area contributed by atoms with Gasteiger partial charge in [0.25, 0.3) is 0 Å². The van der Waals surface area contributed by atoms with Gasteiger partial charge < -0.3 is 5.11 Å². The molecule has 0 unspecified atom stereocenters. The van der Waals surface area contributed by atoms with E-state index in [0.717, 1.165) is 0 Å². The number of rotatable bonds is 1. The van der Waals surface area contributed by atoms with Crippen LogP contribution in [-0.2, 0) is 0 Å². The van der Waals surface area contributed by atoms with Crippen molar-refractivity contribution in [2.45, 2.75) is 6.92 Å². The van der Waals surface area contributed by atoms with E-state index in [9.17, 15) is 4.79 Å². The number of carbonyl (C=O) groups excluding carboxylic acids is 1. The summed E-state index contributed by atoms with van der Waals surface area (Å²) in [5.74, 6) is -0.222. The molecular weight excluding hydrogens is 139 g/mol. The highest BCUT2D eigenvalue weighted by Gasteiger charge is 2.04.